The second-order valence-electron chi connectivity index (χ2n) is 10.8. The number of carbonyl (C=O) groups excluding carboxylic acids is 1. The molecule has 2 aliphatic heterocycles. The summed E-state index contributed by atoms with van der Waals surface area (Å²) in [6.45, 7) is 14.5. The molecule has 184 valence electrons. The summed E-state index contributed by atoms with van der Waals surface area (Å²) < 4.78 is 17.4. The van der Waals surface area contributed by atoms with Crippen molar-refractivity contribution in [3.8, 4) is 11.5 Å². The van der Waals surface area contributed by atoms with Crippen LogP contribution in [0.25, 0.3) is 0 Å². The molecule has 4 rings (SSSR count). The molecule has 2 aromatic carbocycles. The molecule has 34 heavy (non-hydrogen) atoms. The highest BCUT2D eigenvalue weighted by atomic mass is 35.5. The highest BCUT2D eigenvalue weighted by molar-refractivity contribution is 6.16. The summed E-state index contributed by atoms with van der Waals surface area (Å²) in [5.41, 5.74) is 5.04. The zero-order valence-corrected chi connectivity index (χ0v) is 22.3. The predicted molar refractivity (Wildman–Crippen MR) is 138 cm³/mol. The molecule has 2 aromatic rings. The van der Waals surface area contributed by atoms with Crippen LogP contribution in [0.2, 0.25) is 0 Å². The standard InChI is InChI=1S/C28H35NO4.ClH/c1-9-32-25(30)28(6,7)19-12-10-11-17(13-19)23-22-18(15-26(2,3)29-23)14-21(31-8)24-20(22)16-27(4,5)33-24;/h10-14H,9,15-16H2,1-8H3;1H. The van der Waals surface area contributed by atoms with Crippen LogP contribution in [0, 0.1) is 0 Å². The molecular formula is C28H36ClNO4. The first kappa shape index (κ1) is 26.1. The maximum Gasteiger partial charge on any atom is 0.315 e. The van der Waals surface area contributed by atoms with Gasteiger partial charge in [-0.25, -0.2) is 0 Å². The number of esters is 1. The van der Waals surface area contributed by atoms with E-state index in [1.165, 1.54) is 5.56 Å². The van der Waals surface area contributed by atoms with E-state index in [0.29, 0.717) is 6.61 Å². The highest BCUT2D eigenvalue weighted by Crippen LogP contribution is 2.48. The predicted octanol–water partition coefficient (Wildman–Crippen LogP) is 5.84. The second kappa shape index (κ2) is 8.92. The molecule has 0 aromatic heterocycles. The van der Waals surface area contributed by atoms with Crippen LogP contribution in [0.15, 0.2) is 35.3 Å². The Kier molecular flexibility index (Phi) is 6.84. The van der Waals surface area contributed by atoms with Crippen LogP contribution >= 0.6 is 12.4 Å². The summed E-state index contributed by atoms with van der Waals surface area (Å²) in [5.74, 6) is 1.37. The lowest BCUT2D eigenvalue weighted by Gasteiger charge is -2.31. The lowest BCUT2D eigenvalue weighted by Crippen LogP contribution is -2.32. The third kappa shape index (κ3) is 4.55. The van der Waals surface area contributed by atoms with E-state index in [4.69, 9.17) is 19.2 Å². The van der Waals surface area contributed by atoms with Crippen molar-refractivity contribution in [3.05, 3.63) is 58.1 Å². The number of hydrogen-bond donors (Lipinski definition) is 0. The van der Waals surface area contributed by atoms with Gasteiger partial charge in [-0.1, -0.05) is 18.2 Å². The minimum Gasteiger partial charge on any atom is -0.493 e. The van der Waals surface area contributed by atoms with Crippen molar-refractivity contribution in [2.45, 2.75) is 77.9 Å². The van der Waals surface area contributed by atoms with E-state index in [0.717, 1.165) is 52.3 Å². The first-order valence-corrected chi connectivity index (χ1v) is 11.7. The smallest absolute Gasteiger partial charge is 0.315 e. The van der Waals surface area contributed by atoms with Gasteiger partial charge in [-0.05, 0) is 78.1 Å². The largest absolute Gasteiger partial charge is 0.493 e. The van der Waals surface area contributed by atoms with Crippen molar-refractivity contribution >= 4 is 24.1 Å². The van der Waals surface area contributed by atoms with Crippen LogP contribution in [0.5, 0.6) is 11.5 Å². The fraction of sp³-hybridized carbons (Fsp3) is 0.500. The Labute approximate surface area is 209 Å². The van der Waals surface area contributed by atoms with Crippen molar-refractivity contribution in [2.24, 2.45) is 4.99 Å². The average molecular weight is 486 g/mol. The van der Waals surface area contributed by atoms with Gasteiger partial charge < -0.3 is 14.2 Å². The fourth-order valence-electron chi connectivity index (χ4n) is 4.91. The lowest BCUT2D eigenvalue weighted by atomic mass is 9.79. The van der Waals surface area contributed by atoms with Crippen molar-refractivity contribution in [1.29, 1.82) is 0 Å². The molecule has 0 saturated carbocycles. The van der Waals surface area contributed by atoms with Crippen LogP contribution in [0.4, 0.5) is 0 Å². The molecular weight excluding hydrogens is 450 g/mol. The lowest BCUT2D eigenvalue weighted by molar-refractivity contribution is -0.148. The van der Waals surface area contributed by atoms with Crippen LogP contribution in [-0.2, 0) is 27.8 Å². The second-order valence-corrected chi connectivity index (χ2v) is 10.8. The quantitative estimate of drug-likeness (QED) is 0.499. The van der Waals surface area contributed by atoms with Crippen molar-refractivity contribution in [3.63, 3.8) is 0 Å². The molecule has 0 atom stereocenters. The number of halogens is 1. The van der Waals surface area contributed by atoms with Crippen molar-refractivity contribution in [2.75, 3.05) is 13.7 Å². The van der Waals surface area contributed by atoms with Crippen LogP contribution in [0.1, 0.15) is 76.3 Å². The van der Waals surface area contributed by atoms with E-state index in [1.54, 1.807) is 7.11 Å². The summed E-state index contributed by atoms with van der Waals surface area (Å²) in [4.78, 5) is 17.9. The Morgan fingerprint density at radius 1 is 1.15 bits per heavy atom. The number of nitrogens with zero attached hydrogens (tertiary/aromatic N) is 1. The van der Waals surface area contributed by atoms with E-state index >= 15 is 0 Å². The molecule has 0 unspecified atom stereocenters. The zero-order valence-electron chi connectivity index (χ0n) is 21.5. The van der Waals surface area contributed by atoms with Crippen molar-refractivity contribution in [1.82, 2.24) is 0 Å². The number of hydrogen-bond acceptors (Lipinski definition) is 5. The highest BCUT2D eigenvalue weighted by Gasteiger charge is 2.40. The molecule has 0 aliphatic carbocycles. The number of carbonyl (C=O) groups is 1. The summed E-state index contributed by atoms with van der Waals surface area (Å²) in [6.07, 6.45) is 1.61. The number of benzene rings is 2. The number of ether oxygens (including phenoxy) is 3. The summed E-state index contributed by atoms with van der Waals surface area (Å²) in [7, 11) is 1.70. The zero-order chi connectivity index (χ0) is 24.2. The van der Waals surface area contributed by atoms with Gasteiger partial charge in [0.2, 0.25) is 0 Å². The third-order valence-electron chi connectivity index (χ3n) is 6.54. The maximum atomic E-state index is 12.7. The molecule has 0 radical (unpaired) electrons. The Balaban J connectivity index is 0.00000324. The Morgan fingerprint density at radius 3 is 2.50 bits per heavy atom. The van der Waals surface area contributed by atoms with E-state index in [9.17, 15) is 4.79 Å². The summed E-state index contributed by atoms with van der Waals surface area (Å²) in [6, 6.07) is 10.3. The molecule has 6 heteroatoms. The number of methoxy groups -OCH3 is 1. The topological polar surface area (TPSA) is 57.1 Å². The molecule has 0 bridgehead atoms. The average Bonchev–Trinajstić information content (AvgIpc) is 3.06. The Hall–Kier alpha value is -2.53. The van der Waals surface area contributed by atoms with E-state index in [-0.39, 0.29) is 29.5 Å². The van der Waals surface area contributed by atoms with Gasteiger partial charge in [-0.3, -0.25) is 9.79 Å². The van der Waals surface area contributed by atoms with Gasteiger partial charge in [0.1, 0.15) is 5.60 Å². The van der Waals surface area contributed by atoms with E-state index < -0.39 is 5.41 Å². The minimum atomic E-state index is -0.757. The number of fused-ring (bicyclic) bond motifs is 3. The fourth-order valence-corrected chi connectivity index (χ4v) is 4.91. The first-order chi connectivity index (χ1) is 15.4. The van der Waals surface area contributed by atoms with Gasteiger partial charge in [-0.15, -0.1) is 12.4 Å². The van der Waals surface area contributed by atoms with Gasteiger partial charge >= 0.3 is 5.97 Å². The molecule has 0 spiro atoms. The monoisotopic (exact) mass is 485 g/mol. The molecule has 2 aliphatic rings. The molecule has 0 fully saturated rings. The van der Waals surface area contributed by atoms with Crippen LogP contribution in [-0.4, -0.2) is 36.5 Å². The Bertz CT molecular complexity index is 1150. The van der Waals surface area contributed by atoms with Gasteiger partial charge in [0.05, 0.1) is 30.4 Å². The Morgan fingerprint density at radius 2 is 1.85 bits per heavy atom. The summed E-state index contributed by atoms with van der Waals surface area (Å²) in [5, 5.41) is 0. The van der Waals surface area contributed by atoms with Gasteiger partial charge in [-0.2, -0.15) is 0 Å². The van der Waals surface area contributed by atoms with Gasteiger partial charge in [0, 0.05) is 23.1 Å². The summed E-state index contributed by atoms with van der Waals surface area (Å²) >= 11 is 0. The van der Waals surface area contributed by atoms with Crippen LogP contribution in [0.3, 0.4) is 0 Å². The van der Waals surface area contributed by atoms with E-state index in [2.05, 4.69) is 45.9 Å². The molecule has 0 saturated heterocycles. The normalized spacial score (nSPS) is 17.5. The van der Waals surface area contributed by atoms with Crippen LogP contribution < -0.4 is 9.47 Å². The van der Waals surface area contributed by atoms with E-state index in [1.807, 2.05) is 32.9 Å². The van der Waals surface area contributed by atoms with Gasteiger partial charge in [0.15, 0.2) is 11.5 Å². The minimum absolute atomic E-state index is 0. The molecule has 0 N–H and O–H groups in total. The number of rotatable bonds is 5. The first-order valence-electron chi connectivity index (χ1n) is 11.7. The maximum absolute atomic E-state index is 12.7. The van der Waals surface area contributed by atoms with Gasteiger partial charge in [0.25, 0.3) is 0 Å². The SMILES string of the molecule is CCOC(=O)C(C)(C)c1cccc(C2=NC(C)(C)Cc3cc(OC)c4c(c32)CC(C)(C)O4)c1.Cl. The van der Waals surface area contributed by atoms with Crippen molar-refractivity contribution < 1.29 is 19.0 Å². The molecule has 5 nitrogen and oxygen atoms in total. The molecule has 2 heterocycles. The number of aliphatic imine (C=N–C) groups is 1. The third-order valence-corrected chi connectivity index (χ3v) is 6.54. The molecule has 0 amide bonds.